The highest BCUT2D eigenvalue weighted by Gasteiger charge is 2.17. The van der Waals surface area contributed by atoms with Gasteiger partial charge in [-0.25, -0.2) is 9.48 Å². The third-order valence-corrected chi connectivity index (χ3v) is 4.52. The highest BCUT2D eigenvalue weighted by Crippen LogP contribution is 2.28. The predicted molar refractivity (Wildman–Crippen MR) is 107 cm³/mol. The zero-order valence-electron chi connectivity index (χ0n) is 15.3. The van der Waals surface area contributed by atoms with Crippen molar-refractivity contribution in [3.8, 4) is 16.9 Å². The summed E-state index contributed by atoms with van der Waals surface area (Å²) in [5.41, 5.74) is 4.23. The number of hydrogen-bond donors (Lipinski definition) is 0. The largest absolute Gasteiger partial charge is 0.461 e. The van der Waals surface area contributed by atoms with Crippen LogP contribution in [0.5, 0.6) is 0 Å². The fourth-order valence-electron chi connectivity index (χ4n) is 3.12. The zero-order chi connectivity index (χ0) is 18.8. The summed E-state index contributed by atoms with van der Waals surface area (Å²) in [6.07, 6.45) is 0. The predicted octanol–water partition coefficient (Wildman–Crippen LogP) is 5.18. The number of rotatable bonds is 4. The zero-order valence-corrected chi connectivity index (χ0v) is 15.3. The van der Waals surface area contributed by atoms with Gasteiger partial charge >= 0.3 is 5.97 Å². The third kappa shape index (κ3) is 3.34. The van der Waals surface area contributed by atoms with E-state index in [4.69, 9.17) is 4.74 Å². The molecule has 134 valence electrons. The lowest BCUT2D eigenvalue weighted by atomic mass is 10.0. The first-order valence-electron chi connectivity index (χ1n) is 8.99. The Morgan fingerprint density at radius 3 is 2.44 bits per heavy atom. The molecule has 1 heterocycles. The van der Waals surface area contributed by atoms with E-state index in [9.17, 15) is 4.79 Å². The number of esters is 1. The van der Waals surface area contributed by atoms with Crippen LogP contribution in [-0.4, -0.2) is 22.4 Å². The van der Waals surface area contributed by atoms with Crippen LogP contribution in [0.15, 0.2) is 72.8 Å². The van der Waals surface area contributed by atoms with Crippen LogP contribution in [0.1, 0.15) is 23.0 Å². The molecule has 4 rings (SSSR count). The standard InChI is InChI=1S/C23H20N2O2/c1-3-27-23(26)21-15-22(25(24-21)20-12-8-16(2)9-13-20)19-11-10-17-6-4-5-7-18(17)14-19/h4-15H,3H2,1-2H3. The van der Waals surface area contributed by atoms with E-state index in [0.717, 1.165) is 22.3 Å². The van der Waals surface area contributed by atoms with Crippen LogP contribution in [0, 0.1) is 6.92 Å². The molecule has 3 aromatic carbocycles. The molecule has 0 radical (unpaired) electrons. The number of hydrogen-bond acceptors (Lipinski definition) is 3. The van der Waals surface area contributed by atoms with Gasteiger partial charge < -0.3 is 4.74 Å². The molecule has 0 saturated carbocycles. The lowest BCUT2D eigenvalue weighted by Crippen LogP contribution is -2.06. The van der Waals surface area contributed by atoms with E-state index >= 15 is 0 Å². The minimum absolute atomic E-state index is 0.306. The average Bonchev–Trinajstić information content (AvgIpc) is 3.14. The normalized spacial score (nSPS) is 10.9. The molecular formula is C23H20N2O2. The van der Waals surface area contributed by atoms with Crippen molar-refractivity contribution >= 4 is 16.7 Å². The molecule has 4 aromatic rings. The molecule has 4 nitrogen and oxygen atoms in total. The van der Waals surface area contributed by atoms with Crippen LogP contribution in [0.2, 0.25) is 0 Å². The van der Waals surface area contributed by atoms with Crippen molar-refractivity contribution in [1.82, 2.24) is 9.78 Å². The van der Waals surface area contributed by atoms with E-state index in [1.54, 1.807) is 17.7 Å². The van der Waals surface area contributed by atoms with Gasteiger partial charge in [-0.05, 0) is 48.9 Å². The highest BCUT2D eigenvalue weighted by molar-refractivity contribution is 5.91. The minimum Gasteiger partial charge on any atom is -0.461 e. The lowest BCUT2D eigenvalue weighted by Gasteiger charge is -2.09. The summed E-state index contributed by atoms with van der Waals surface area (Å²) in [6, 6.07) is 24.3. The van der Waals surface area contributed by atoms with Crippen molar-refractivity contribution in [1.29, 1.82) is 0 Å². The molecule has 4 heteroatoms. The molecule has 1 aromatic heterocycles. The van der Waals surface area contributed by atoms with Crippen molar-refractivity contribution in [2.75, 3.05) is 6.61 Å². The molecule has 27 heavy (non-hydrogen) atoms. The second-order valence-corrected chi connectivity index (χ2v) is 6.44. The van der Waals surface area contributed by atoms with Gasteiger partial charge in [-0.1, -0.05) is 54.1 Å². The van der Waals surface area contributed by atoms with Crippen LogP contribution in [0.3, 0.4) is 0 Å². The Bertz CT molecular complexity index is 1110. The number of carbonyl (C=O) groups excluding carboxylic acids is 1. The third-order valence-electron chi connectivity index (χ3n) is 4.52. The fourth-order valence-corrected chi connectivity index (χ4v) is 3.12. The van der Waals surface area contributed by atoms with Gasteiger partial charge in [0.25, 0.3) is 0 Å². The van der Waals surface area contributed by atoms with Gasteiger partial charge in [-0.2, -0.15) is 5.10 Å². The first kappa shape index (κ1) is 17.0. The Balaban J connectivity index is 1.88. The number of ether oxygens (including phenoxy) is 1. The SMILES string of the molecule is CCOC(=O)c1cc(-c2ccc3ccccc3c2)n(-c2ccc(C)cc2)n1. The molecule has 0 aliphatic carbocycles. The van der Waals surface area contributed by atoms with Gasteiger partial charge in [-0.15, -0.1) is 0 Å². The molecule has 0 N–H and O–H groups in total. The summed E-state index contributed by atoms with van der Waals surface area (Å²) in [7, 11) is 0. The monoisotopic (exact) mass is 356 g/mol. The Kier molecular flexibility index (Phi) is 4.47. The molecular weight excluding hydrogens is 336 g/mol. The van der Waals surface area contributed by atoms with Crippen molar-refractivity contribution in [2.24, 2.45) is 0 Å². The quantitative estimate of drug-likeness (QED) is 0.473. The summed E-state index contributed by atoms with van der Waals surface area (Å²) < 4.78 is 6.94. The smallest absolute Gasteiger partial charge is 0.358 e. The van der Waals surface area contributed by atoms with Gasteiger partial charge in [-0.3, -0.25) is 0 Å². The van der Waals surface area contributed by atoms with Crippen LogP contribution in [0.4, 0.5) is 0 Å². The van der Waals surface area contributed by atoms with E-state index in [2.05, 4.69) is 35.4 Å². The van der Waals surface area contributed by atoms with E-state index in [1.807, 2.05) is 43.3 Å². The number of benzene rings is 3. The molecule has 0 amide bonds. The number of aromatic nitrogens is 2. The highest BCUT2D eigenvalue weighted by atomic mass is 16.5. The Morgan fingerprint density at radius 1 is 0.963 bits per heavy atom. The molecule has 0 atom stereocenters. The van der Waals surface area contributed by atoms with Crippen molar-refractivity contribution in [3.63, 3.8) is 0 Å². The first-order valence-corrected chi connectivity index (χ1v) is 8.99. The summed E-state index contributed by atoms with van der Waals surface area (Å²) >= 11 is 0. The summed E-state index contributed by atoms with van der Waals surface area (Å²) in [6.45, 7) is 4.15. The minimum atomic E-state index is -0.412. The molecule has 0 spiro atoms. The number of nitrogens with zero attached hydrogens (tertiary/aromatic N) is 2. The fraction of sp³-hybridized carbons (Fsp3) is 0.130. The van der Waals surface area contributed by atoms with Crippen molar-refractivity contribution < 1.29 is 9.53 Å². The van der Waals surface area contributed by atoms with Gasteiger partial charge in [0.2, 0.25) is 0 Å². The Hall–Kier alpha value is -3.40. The van der Waals surface area contributed by atoms with E-state index in [-0.39, 0.29) is 0 Å². The van der Waals surface area contributed by atoms with E-state index in [1.165, 1.54) is 10.9 Å². The van der Waals surface area contributed by atoms with Crippen LogP contribution in [-0.2, 0) is 4.74 Å². The molecule has 0 bridgehead atoms. The Labute approximate surface area is 158 Å². The number of aryl methyl sites for hydroxylation is 1. The molecule has 0 aliphatic rings. The summed E-state index contributed by atoms with van der Waals surface area (Å²) in [5.74, 6) is -0.412. The molecule has 0 fully saturated rings. The van der Waals surface area contributed by atoms with Gasteiger partial charge in [0, 0.05) is 5.56 Å². The van der Waals surface area contributed by atoms with E-state index in [0.29, 0.717) is 12.3 Å². The molecule has 0 saturated heterocycles. The van der Waals surface area contributed by atoms with Crippen molar-refractivity contribution in [2.45, 2.75) is 13.8 Å². The van der Waals surface area contributed by atoms with Gasteiger partial charge in [0.1, 0.15) is 0 Å². The lowest BCUT2D eigenvalue weighted by molar-refractivity contribution is 0.0519. The first-order chi connectivity index (χ1) is 13.2. The maximum atomic E-state index is 12.2. The van der Waals surface area contributed by atoms with Crippen molar-refractivity contribution in [3.05, 3.63) is 84.1 Å². The molecule has 0 unspecified atom stereocenters. The second kappa shape index (κ2) is 7.08. The van der Waals surface area contributed by atoms with E-state index < -0.39 is 5.97 Å². The Morgan fingerprint density at radius 2 is 1.70 bits per heavy atom. The number of carbonyl (C=O) groups is 1. The summed E-state index contributed by atoms with van der Waals surface area (Å²) in [5, 5.41) is 6.84. The van der Waals surface area contributed by atoms with Gasteiger partial charge in [0.05, 0.1) is 18.0 Å². The second-order valence-electron chi connectivity index (χ2n) is 6.44. The topological polar surface area (TPSA) is 44.1 Å². The average molecular weight is 356 g/mol. The van der Waals surface area contributed by atoms with Crippen LogP contribution in [0.25, 0.3) is 27.7 Å². The molecule has 0 aliphatic heterocycles. The summed E-state index contributed by atoms with van der Waals surface area (Å²) in [4.78, 5) is 12.2. The van der Waals surface area contributed by atoms with Crippen LogP contribution < -0.4 is 0 Å². The maximum Gasteiger partial charge on any atom is 0.358 e. The number of fused-ring (bicyclic) bond motifs is 1. The van der Waals surface area contributed by atoms with Gasteiger partial charge in [0.15, 0.2) is 5.69 Å². The van der Waals surface area contributed by atoms with Crippen LogP contribution >= 0.6 is 0 Å². The maximum absolute atomic E-state index is 12.2.